The molecule has 0 unspecified atom stereocenters. The molecule has 0 aliphatic heterocycles. The largest absolute Gasteiger partial charge is 0.464 e. The second-order valence-electron chi connectivity index (χ2n) is 11.2. The van der Waals surface area contributed by atoms with Crippen LogP contribution in [0.3, 0.4) is 0 Å². The Morgan fingerprint density at radius 1 is 0.465 bits per heavy atom. The molecule has 0 saturated heterocycles. The van der Waals surface area contributed by atoms with Gasteiger partial charge < -0.3 is 4.42 Å². The van der Waals surface area contributed by atoms with Crippen molar-refractivity contribution >= 4 is 96.2 Å². The van der Waals surface area contributed by atoms with E-state index in [1.807, 2.05) is 28.9 Å². The minimum Gasteiger partial charge on any atom is -0.464 e. The number of rotatable bonds is 2. The first-order chi connectivity index (χ1) is 21.3. The topological polar surface area (TPSA) is 13.1 Å². The lowest BCUT2D eigenvalue weighted by Crippen LogP contribution is -1.93. The van der Waals surface area contributed by atoms with Gasteiger partial charge in [-0.05, 0) is 79.3 Å². The van der Waals surface area contributed by atoms with Gasteiger partial charge in [-0.25, -0.2) is 0 Å². The van der Waals surface area contributed by atoms with Gasteiger partial charge in [-0.2, -0.15) is 0 Å². The molecule has 0 atom stereocenters. The van der Waals surface area contributed by atoms with Crippen molar-refractivity contribution in [1.82, 2.24) is 0 Å². The first kappa shape index (κ1) is 23.6. The van der Waals surface area contributed by atoms with E-state index in [9.17, 15) is 0 Å². The summed E-state index contributed by atoms with van der Waals surface area (Å²) in [6, 6.07) is 44.5. The van der Waals surface area contributed by atoms with E-state index >= 15 is 0 Å². The van der Waals surface area contributed by atoms with Crippen LogP contribution in [0.5, 0.6) is 0 Å². The highest BCUT2D eigenvalue weighted by Gasteiger charge is 2.24. The van der Waals surface area contributed by atoms with Crippen LogP contribution in [0.15, 0.2) is 137 Å². The Bertz CT molecular complexity index is 2730. The summed E-state index contributed by atoms with van der Waals surface area (Å²) >= 11 is 3.73. The number of fused-ring (bicyclic) bond motifs is 10. The molecule has 200 valence electrons. The fourth-order valence-electron chi connectivity index (χ4n) is 7.13. The summed E-state index contributed by atoms with van der Waals surface area (Å²) in [7, 11) is 0. The van der Waals surface area contributed by atoms with Crippen molar-refractivity contribution in [3.63, 3.8) is 0 Å². The van der Waals surface area contributed by atoms with E-state index in [-0.39, 0.29) is 0 Å². The maximum atomic E-state index is 6.06. The molecule has 0 fully saturated rings. The molecule has 3 heterocycles. The molecule has 1 nitrogen and oxygen atoms in total. The lowest BCUT2D eigenvalue weighted by Gasteiger charge is -2.20. The number of benzene rings is 7. The number of hydrogen-bond acceptors (Lipinski definition) is 3. The summed E-state index contributed by atoms with van der Waals surface area (Å²) in [6.45, 7) is 0. The van der Waals surface area contributed by atoms with E-state index in [4.69, 9.17) is 4.42 Å². The van der Waals surface area contributed by atoms with Crippen molar-refractivity contribution in [2.24, 2.45) is 0 Å². The summed E-state index contributed by atoms with van der Waals surface area (Å²) < 4.78 is 10.0. The standard InChI is InChI=1S/C40H22OS2/c1-2-10-25-23(8-1)9-7-13-28(25)37-32-21-34-24(18-19-41-34)20-31(32)39-30(38(37)33-22-42-35-14-5-3-12-27(33)35)17-16-29-26-11-4-6-15-36(26)43-40(29)39/h1-22H. The molecule has 0 bridgehead atoms. The van der Waals surface area contributed by atoms with Gasteiger partial charge in [-0.3, -0.25) is 0 Å². The molecule has 0 radical (unpaired) electrons. The van der Waals surface area contributed by atoms with Crippen molar-refractivity contribution in [3.8, 4) is 22.3 Å². The predicted molar refractivity (Wildman–Crippen MR) is 188 cm³/mol. The predicted octanol–water partition coefficient (Wildman–Crippen LogP) is 12.8. The van der Waals surface area contributed by atoms with E-state index < -0.39 is 0 Å². The van der Waals surface area contributed by atoms with Gasteiger partial charge in [0.2, 0.25) is 0 Å². The van der Waals surface area contributed by atoms with Crippen LogP contribution in [0.1, 0.15) is 0 Å². The fourth-order valence-corrected chi connectivity index (χ4v) is 9.35. The summed E-state index contributed by atoms with van der Waals surface area (Å²) in [5.41, 5.74) is 6.01. The summed E-state index contributed by atoms with van der Waals surface area (Å²) in [6.07, 6.45) is 1.81. The van der Waals surface area contributed by atoms with Crippen LogP contribution in [-0.4, -0.2) is 0 Å². The Labute approximate surface area is 254 Å². The third-order valence-electron chi connectivity index (χ3n) is 9.01. The van der Waals surface area contributed by atoms with Crippen molar-refractivity contribution in [3.05, 3.63) is 133 Å². The van der Waals surface area contributed by atoms with Crippen LogP contribution in [-0.2, 0) is 0 Å². The molecular weight excluding hydrogens is 561 g/mol. The molecule has 0 spiro atoms. The van der Waals surface area contributed by atoms with Gasteiger partial charge in [0.05, 0.1) is 6.26 Å². The Balaban J connectivity index is 1.52. The Morgan fingerprint density at radius 3 is 2.14 bits per heavy atom. The number of furan rings is 1. The maximum absolute atomic E-state index is 6.06. The lowest BCUT2D eigenvalue weighted by molar-refractivity contribution is 0.616. The first-order valence-corrected chi connectivity index (χ1v) is 16.2. The minimum absolute atomic E-state index is 0.915. The van der Waals surface area contributed by atoms with Gasteiger partial charge in [-0.15, -0.1) is 22.7 Å². The lowest BCUT2D eigenvalue weighted by atomic mass is 9.83. The van der Waals surface area contributed by atoms with E-state index in [1.54, 1.807) is 0 Å². The molecule has 3 aromatic heterocycles. The zero-order chi connectivity index (χ0) is 28.1. The molecule has 7 aromatic carbocycles. The van der Waals surface area contributed by atoms with E-state index in [0.717, 1.165) is 11.0 Å². The van der Waals surface area contributed by atoms with Crippen LogP contribution in [0.4, 0.5) is 0 Å². The average Bonchev–Trinajstić information content (AvgIpc) is 3.79. The normalized spacial score (nSPS) is 12.2. The van der Waals surface area contributed by atoms with Crippen LogP contribution in [0.2, 0.25) is 0 Å². The first-order valence-electron chi connectivity index (χ1n) is 14.5. The summed E-state index contributed by atoms with van der Waals surface area (Å²) in [5, 5.41) is 15.0. The molecular formula is C40H22OS2. The zero-order valence-corrected chi connectivity index (χ0v) is 24.6. The monoisotopic (exact) mass is 582 g/mol. The van der Waals surface area contributed by atoms with Gasteiger partial charge in [-0.1, -0.05) is 91.0 Å². The quantitative estimate of drug-likeness (QED) is 0.185. The minimum atomic E-state index is 0.915. The van der Waals surface area contributed by atoms with Crippen molar-refractivity contribution in [2.45, 2.75) is 0 Å². The third-order valence-corrected chi connectivity index (χ3v) is 11.2. The fraction of sp³-hybridized carbons (Fsp3) is 0. The molecule has 10 aromatic rings. The highest BCUT2D eigenvalue weighted by atomic mass is 32.1. The molecule has 0 saturated carbocycles. The average molecular weight is 583 g/mol. The highest BCUT2D eigenvalue weighted by molar-refractivity contribution is 7.26. The van der Waals surface area contributed by atoms with Crippen LogP contribution in [0, 0.1) is 0 Å². The zero-order valence-electron chi connectivity index (χ0n) is 22.9. The molecule has 0 amide bonds. The molecule has 43 heavy (non-hydrogen) atoms. The molecule has 0 aliphatic carbocycles. The number of thiophene rings is 2. The molecule has 0 N–H and O–H groups in total. The van der Waals surface area contributed by atoms with Crippen molar-refractivity contribution in [1.29, 1.82) is 0 Å². The van der Waals surface area contributed by atoms with Crippen molar-refractivity contribution < 1.29 is 4.42 Å². The van der Waals surface area contributed by atoms with Crippen LogP contribution < -0.4 is 0 Å². The molecule has 3 heteroatoms. The maximum Gasteiger partial charge on any atom is 0.134 e. The molecule has 0 aliphatic rings. The smallest absolute Gasteiger partial charge is 0.134 e. The molecule has 10 rings (SSSR count). The van der Waals surface area contributed by atoms with Crippen LogP contribution >= 0.6 is 22.7 Å². The van der Waals surface area contributed by atoms with Crippen molar-refractivity contribution in [2.75, 3.05) is 0 Å². The van der Waals surface area contributed by atoms with E-state index in [1.165, 1.54) is 84.8 Å². The van der Waals surface area contributed by atoms with E-state index in [2.05, 4.69) is 127 Å². The van der Waals surface area contributed by atoms with E-state index in [0.29, 0.717) is 0 Å². The van der Waals surface area contributed by atoms with Crippen LogP contribution in [0.25, 0.3) is 95.8 Å². The Hall–Kier alpha value is -4.96. The van der Waals surface area contributed by atoms with Gasteiger partial charge >= 0.3 is 0 Å². The second-order valence-corrected chi connectivity index (χ2v) is 13.2. The van der Waals surface area contributed by atoms with Gasteiger partial charge in [0, 0.05) is 46.6 Å². The number of hydrogen-bond donors (Lipinski definition) is 0. The Morgan fingerprint density at radius 2 is 1.21 bits per heavy atom. The van der Waals surface area contributed by atoms with Gasteiger partial charge in [0.25, 0.3) is 0 Å². The SMILES string of the molecule is c1ccc2c(-c3c(-c4csc5ccccc45)c4ccc5c6ccccc6sc5c4c4cc5ccoc5cc34)cccc2c1. The second kappa shape index (κ2) is 8.78. The van der Waals surface area contributed by atoms with Gasteiger partial charge in [0.1, 0.15) is 5.58 Å². The summed E-state index contributed by atoms with van der Waals surface area (Å²) in [4.78, 5) is 0. The van der Waals surface area contributed by atoms with Gasteiger partial charge in [0.15, 0.2) is 0 Å². The summed E-state index contributed by atoms with van der Waals surface area (Å²) in [5.74, 6) is 0. The third kappa shape index (κ3) is 3.26. The highest BCUT2D eigenvalue weighted by Crippen LogP contribution is 2.52. The Kier molecular flexibility index (Phi) is 4.81.